The molecule has 17 heavy (non-hydrogen) atoms. The van der Waals surface area contributed by atoms with Gasteiger partial charge >= 0.3 is 0 Å². The van der Waals surface area contributed by atoms with Gasteiger partial charge in [0.1, 0.15) is 10.8 Å². The first-order valence-electron chi connectivity index (χ1n) is 4.69. The van der Waals surface area contributed by atoms with Crippen molar-refractivity contribution in [2.75, 3.05) is 0 Å². The van der Waals surface area contributed by atoms with Crippen molar-refractivity contribution in [3.63, 3.8) is 0 Å². The van der Waals surface area contributed by atoms with Crippen LogP contribution in [0.4, 0.5) is 4.39 Å². The number of hydrogen-bond acceptors (Lipinski definition) is 3. The largest absolute Gasteiger partial charge is 0.248 e. The third-order valence-corrected chi connectivity index (χ3v) is 3.96. The van der Waals surface area contributed by atoms with Crippen LogP contribution in [0.1, 0.15) is 5.56 Å². The Hall–Kier alpha value is -1.38. The maximum atomic E-state index is 13.6. The summed E-state index contributed by atoms with van der Waals surface area (Å²) in [4.78, 5) is 4.59. The molecule has 5 heteroatoms. The van der Waals surface area contributed by atoms with E-state index in [1.807, 2.05) is 12.1 Å². The van der Waals surface area contributed by atoms with E-state index in [0.717, 1.165) is 4.47 Å². The van der Waals surface area contributed by atoms with Crippen LogP contribution in [0.15, 0.2) is 50.9 Å². The second-order valence-electron chi connectivity index (χ2n) is 3.15. The highest BCUT2D eigenvalue weighted by Crippen LogP contribution is 2.33. The van der Waals surface area contributed by atoms with Crippen molar-refractivity contribution in [2.24, 2.45) is 0 Å². The minimum atomic E-state index is -0.411. The van der Waals surface area contributed by atoms with E-state index in [1.54, 1.807) is 24.4 Å². The molecular weight excluding hydrogens is 303 g/mol. The van der Waals surface area contributed by atoms with Gasteiger partial charge in [-0.3, -0.25) is 0 Å². The van der Waals surface area contributed by atoms with Crippen molar-refractivity contribution in [1.82, 2.24) is 4.98 Å². The lowest BCUT2D eigenvalue weighted by molar-refractivity contribution is 0.601. The summed E-state index contributed by atoms with van der Waals surface area (Å²) in [6.45, 7) is 0. The highest BCUT2D eigenvalue weighted by atomic mass is 79.9. The molecule has 0 bridgehead atoms. The Morgan fingerprint density at radius 2 is 2.18 bits per heavy atom. The molecule has 2 rings (SSSR count). The summed E-state index contributed by atoms with van der Waals surface area (Å²) >= 11 is 4.57. The fraction of sp³-hybridized carbons (Fsp3) is 0. The maximum absolute atomic E-state index is 13.6. The Morgan fingerprint density at radius 3 is 2.82 bits per heavy atom. The Bertz CT molecular complexity index is 595. The van der Waals surface area contributed by atoms with Gasteiger partial charge in [0.25, 0.3) is 0 Å². The number of pyridine rings is 1. The second kappa shape index (κ2) is 5.30. The number of aromatic nitrogens is 1. The number of hydrogen-bond donors (Lipinski definition) is 0. The van der Waals surface area contributed by atoms with Gasteiger partial charge in [0.2, 0.25) is 0 Å². The smallest absolute Gasteiger partial charge is 0.138 e. The first kappa shape index (κ1) is 12.1. The molecule has 0 atom stereocenters. The van der Waals surface area contributed by atoms with Crippen molar-refractivity contribution in [1.29, 1.82) is 5.26 Å². The van der Waals surface area contributed by atoms with Crippen LogP contribution in [-0.2, 0) is 0 Å². The van der Waals surface area contributed by atoms with Crippen molar-refractivity contribution < 1.29 is 4.39 Å². The van der Waals surface area contributed by atoms with Crippen LogP contribution in [0, 0.1) is 17.1 Å². The lowest BCUT2D eigenvalue weighted by Gasteiger charge is -2.04. The van der Waals surface area contributed by atoms with Crippen LogP contribution in [-0.4, -0.2) is 4.98 Å². The Morgan fingerprint density at radius 1 is 1.35 bits per heavy atom. The normalized spacial score (nSPS) is 9.94. The van der Waals surface area contributed by atoms with Crippen LogP contribution in [0.2, 0.25) is 0 Å². The Balaban J connectivity index is 2.32. The topological polar surface area (TPSA) is 36.7 Å². The van der Waals surface area contributed by atoms with Gasteiger partial charge in [0.15, 0.2) is 0 Å². The van der Waals surface area contributed by atoms with Gasteiger partial charge in [0.05, 0.1) is 16.1 Å². The molecule has 2 nitrogen and oxygen atoms in total. The molecule has 0 aliphatic rings. The molecule has 0 aliphatic heterocycles. The van der Waals surface area contributed by atoms with Gasteiger partial charge in [-0.25, -0.2) is 9.37 Å². The van der Waals surface area contributed by atoms with E-state index in [1.165, 1.54) is 17.8 Å². The number of nitrogens with zero attached hydrogens (tertiary/aromatic N) is 2. The number of halogens is 2. The average molecular weight is 309 g/mol. The van der Waals surface area contributed by atoms with E-state index in [9.17, 15) is 4.39 Å². The predicted octanol–water partition coefficient (Wildman–Crippen LogP) is 4.01. The van der Waals surface area contributed by atoms with Crippen LogP contribution in [0.5, 0.6) is 0 Å². The first-order valence-corrected chi connectivity index (χ1v) is 6.29. The second-order valence-corrected chi connectivity index (χ2v) is 5.03. The third kappa shape index (κ3) is 2.84. The molecule has 0 spiro atoms. The highest BCUT2D eigenvalue weighted by Gasteiger charge is 2.08. The Kier molecular flexibility index (Phi) is 3.77. The van der Waals surface area contributed by atoms with Crippen molar-refractivity contribution in [3.05, 3.63) is 52.4 Å². The molecule has 1 aromatic heterocycles. The van der Waals surface area contributed by atoms with Crippen molar-refractivity contribution >= 4 is 27.7 Å². The first-order chi connectivity index (χ1) is 8.20. The number of benzene rings is 1. The molecule has 0 fully saturated rings. The predicted molar refractivity (Wildman–Crippen MR) is 67.2 cm³/mol. The molecular formula is C12H6BrFN2S. The Labute approximate surface area is 111 Å². The van der Waals surface area contributed by atoms with Gasteiger partial charge in [-0.15, -0.1) is 0 Å². The van der Waals surface area contributed by atoms with E-state index in [-0.39, 0.29) is 0 Å². The molecule has 0 radical (unpaired) electrons. The third-order valence-electron chi connectivity index (χ3n) is 1.99. The molecule has 0 amide bonds. The van der Waals surface area contributed by atoms with Crippen LogP contribution in [0.25, 0.3) is 0 Å². The van der Waals surface area contributed by atoms with Gasteiger partial charge < -0.3 is 0 Å². The standard InChI is InChI=1S/C12H6BrFN2S/c13-9-2-1-5-16-12(9)17-11-4-3-8(7-15)6-10(11)14/h1-6H. The van der Waals surface area contributed by atoms with Crippen molar-refractivity contribution in [3.8, 4) is 6.07 Å². The molecule has 2 aromatic rings. The van der Waals surface area contributed by atoms with E-state index >= 15 is 0 Å². The van der Waals surface area contributed by atoms with Gasteiger partial charge in [-0.05, 0) is 46.3 Å². The molecule has 0 N–H and O–H groups in total. The van der Waals surface area contributed by atoms with Gasteiger partial charge in [-0.1, -0.05) is 11.8 Å². The monoisotopic (exact) mass is 308 g/mol. The van der Waals surface area contributed by atoms with Crippen LogP contribution in [0.3, 0.4) is 0 Å². The van der Waals surface area contributed by atoms with Gasteiger partial charge in [0, 0.05) is 11.1 Å². The number of rotatable bonds is 2. The summed E-state index contributed by atoms with van der Waals surface area (Å²) in [6.07, 6.45) is 1.65. The SMILES string of the molecule is N#Cc1ccc(Sc2ncccc2Br)c(F)c1. The number of nitriles is 1. The zero-order valence-electron chi connectivity index (χ0n) is 8.52. The summed E-state index contributed by atoms with van der Waals surface area (Å²) in [5, 5.41) is 9.33. The summed E-state index contributed by atoms with van der Waals surface area (Å²) in [6, 6.07) is 9.93. The fourth-order valence-electron chi connectivity index (χ4n) is 1.20. The molecule has 84 valence electrons. The minimum absolute atomic E-state index is 0.312. The molecule has 0 saturated heterocycles. The summed E-state index contributed by atoms with van der Waals surface area (Å²) in [5.41, 5.74) is 0.312. The van der Waals surface area contributed by atoms with Crippen LogP contribution >= 0.6 is 27.7 Å². The summed E-state index contributed by atoms with van der Waals surface area (Å²) < 4.78 is 14.5. The lowest BCUT2D eigenvalue weighted by atomic mass is 10.2. The minimum Gasteiger partial charge on any atom is -0.248 e. The van der Waals surface area contributed by atoms with E-state index in [4.69, 9.17) is 5.26 Å². The highest BCUT2D eigenvalue weighted by molar-refractivity contribution is 9.10. The molecule has 0 saturated carbocycles. The average Bonchev–Trinajstić information content (AvgIpc) is 2.34. The quantitative estimate of drug-likeness (QED) is 0.841. The van der Waals surface area contributed by atoms with Crippen LogP contribution < -0.4 is 0 Å². The van der Waals surface area contributed by atoms with E-state index < -0.39 is 5.82 Å². The summed E-state index contributed by atoms with van der Waals surface area (Å²) in [7, 11) is 0. The van der Waals surface area contributed by atoms with E-state index in [2.05, 4.69) is 20.9 Å². The van der Waals surface area contributed by atoms with Crippen molar-refractivity contribution in [2.45, 2.75) is 9.92 Å². The zero-order chi connectivity index (χ0) is 12.3. The lowest BCUT2D eigenvalue weighted by Crippen LogP contribution is -1.86. The van der Waals surface area contributed by atoms with Gasteiger partial charge in [-0.2, -0.15) is 5.26 Å². The van der Waals surface area contributed by atoms with E-state index in [0.29, 0.717) is 15.5 Å². The molecule has 1 heterocycles. The molecule has 1 aromatic carbocycles. The fourth-order valence-corrected chi connectivity index (χ4v) is 2.48. The molecule has 0 unspecified atom stereocenters. The maximum Gasteiger partial charge on any atom is 0.138 e. The molecule has 0 aliphatic carbocycles. The summed E-state index contributed by atoms with van der Waals surface area (Å²) in [5.74, 6) is -0.411. The zero-order valence-corrected chi connectivity index (χ0v) is 10.9.